The largest absolute Gasteiger partial charge is 0.240 e. The Bertz CT molecular complexity index is 1300. The molecule has 29 heavy (non-hydrogen) atoms. The molecule has 0 spiro atoms. The molecule has 0 unspecified atom stereocenters. The van der Waals surface area contributed by atoms with Gasteiger partial charge in [-0.3, -0.25) is 0 Å². The number of rotatable bonds is 4. The number of hydrogen-bond donors (Lipinski definition) is 1. The number of aromatic nitrogens is 2. The second-order valence-electron chi connectivity index (χ2n) is 6.66. The van der Waals surface area contributed by atoms with E-state index in [0.717, 1.165) is 28.1 Å². The molecule has 0 aliphatic rings. The molecule has 1 aromatic heterocycles. The van der Waals surface area contributed by atoms with E-state index in [0.29, 0.717) is 10.7 Å². The maximum absolute atomic E-state index is 12.2. The van der Waals surface area contributed by atoms with Crippen molar-refractivity contribution in [1.29, 1.82) is 0 Å². The standard InChI is InChI=1S/C22H18ClN3O2S/c1-15-6-2-3-7-18(15)19-14-21(16-10-12-17(23)13-11-16)26(25-19)20-8-4-5-9-22(20)29(24,27)28/h2-14H,1H3,(H2,24,27,28). The number of benzene rings is 3. The topological polar surface area (TPSA) is 78.0 Å². The lowest BCUT2D eigenvalue weighted by molar-refractivity contribution is 0.596. The van der Waals surface area contributed by atoms with Gasteiger partial charge in [0.05, 0.1) is 17.1 Å². The van der Waals surface area contributed by atoms with Crippen LogP contribution in [0.15, 0.2) is 83.8 Å². The minimum absolute atomic E-state index is 0.00893. The second kappa shape index (κ2) is 7.48. The minimum atomic E-state index is -3.93. The van der Waals surface area contributed by atoms with E-state index < -0.39 is 10.0 Å². The molecular formula is C22H18ClN3O2S. The molecule has 0 aliphatic carbocycles. The number of aryl methyl sites for hydroxylation is 1. The Morgan fingerprint density at radius 1 is 0.931 bits per heavy atom. The lowest BCUT2D eigenvalue weighted by atomic mass is 10.0. The highest BCUT2D eigenvalue weighted by Crippen LogP contribution is 2.32. The fourth-order valence-electron chi connectivity index (χ4n) is 3.26. The average molecular weight is 424 g/mol. The van der Waals surface area contributed by atoms with Gasteiger partial charge in [-0.05, 0) is 42.8 Å². The van der Waals surface area contributed by atoms with Crippen LogP contribution in [0.4, 0.5) is 0 Å². The highest BCUT2D eigenvalue weighted by molar-refractivity contribution is 7.89. The summed E-state index contributed by atoms with van der Waals surface area (Å²) in [6.07, 6.45) is 0. The number of halogens is 1. The third-order valence-electron chi connectivity index (χ3n) is 4.67. The lowest BCUT2D eigenvalue weighted by Crippen LogP contribution is -2.16. The monoisotopic (exact) mass is 423 g/mol. The van der Waals surface area contributed by atoms with Crippen LogP contribution in [-0.4, -0.2) is 18.2 Å². The van der Waals surface area contributed by atoms with Crippen LogP contribution in [-0.2, 0) is 10.0 Å². The van der Waals surface area contributed by atoms with Gasteiger partial charge in [0.25, 0.3) is 0 Å². The van der Waals surface area contributed by atoms with Crippen molar-refractivity contribution in [1.82, 2.24) is 9.78 Å². The van der Waals surface area contributed by atoms with E-state index in [1.165, 1.54) is 6.07 Å². The number of nitrogens with zero attached hydrogens (tertiary/aromatic N) is 2. The van der Waals surface area contributed by atoms with Crippen molar-refractivity contribution in [3.63, 3.8) is 0 Å². The first-order valence-electron chi connectivity index (χ1n) is 8.89. The van der Waals surface area contributed by atoms with Gasteiger partial charge in [-0.15, -0.1) is 0 Å². The molecule has 0 bridgehead atoms. The fourth-order valence-corrected chi connectivity index (χ4v) is 4.10. The van der Waals surface area contributed by atoms with Gasteiger partial charge in [-0.2, -0.15) is 5.10 Å². The van der Waals surface area contributed by atoms with Crippen molar-refractivity contribution in [2.45, 2.75) is 11.8 Å². The Labute approximate surface area is 174 Å². The number of sulfonamides is 1. The van der Waals surface area contributed by atoms with Crippen LogP contribution in [0.3, 0.4) is 0 Å². The van der Waals surface area contributed by atoms with E-state index in [1.807, 2.05) is 49.4 Å². The molecule has 0 saturated carbocycles. The second-order valence-corrected chi connectivity index (χ2v) is 8.63. The highest BCUT2D eigenvalue weighted by Gasteiger charge is 2.20. The molecule has 4 rings (SSSR count). The van der Waals surface area contributed by atoms with Gasteiger partial charge in [-0.1, -0.05) is 60.1 Å². The van der Waals surface area contributed by atoms with Gasteiger partial charge in [0, 0.05) is 16.1 Å². The van der Waals surface area contributed by atoms with Crippen molar-refractivity contribution in [2.24, 2.45) is 5.14 Å². The molecule has 5 nitrogen and oxygen atoms in total. The first-order chi connectivity index (χ1) is 13.8. The predicted octanol–water partition coefficient (Wildman–Crippen LogP) is 4.82. The van der Waals surface area contributed by atoms with E-state index >= 15 is 0 Å². The van der Waals surface area contributed by atoms with Gasteiger partial charge < -0.3 is 0 Å². The molecule has 0 amide bonds. The summed E-state index contributed by atoms with van der Waals surface area (Å²) >= 11 is 6.04. The molecule has 0 radical (unpaired) electrons. The lowest BCUT2D eigenvalue weighted by Gasteiger charge is -2.11. The summed E-state index contributed by atoms with van der Waals surface area (Å²) in [6.45, 7) is 2.01. The zero-order valence-corrected chi connectivity index (χ0v) is 17.2. The smallest absolute Gasteiger partial charge is 0.231 e. The summed E-state index contributed by atoms with van der Waals surface area (Å²) in [5.41, 5.74) is 4.74. The fraction of sp³-hybridized carbons (Fsp3) is 0.0455. The quantitative estimate of drug-likeness (QED) is 0.511. The normalized spacial score (nSPS) is 11.6. The van der Waals surface area contributed by atoms with Gasteiger partial charge in [0.2, 0.25) is 10.0 Å². The summed E-state index contributed by atoms with van der Waals surface area (Å²) < 4.78 is 26.0. The molecule has 0 atom stereocenters. The van der Waals surface area contributed by atoms with E-state index in [-0.39, 0.29) is 4.90 Å². The van der Waals surface area contributed by atoms with Crippen molar-refractivity contribution < 1.29 is 8.42 Å². The molecular weight excluding hydrogens is 406 g/mol. The molecule has 3 aromatic carbocycles. The maximum Gasteiger partial charge on any atom is 0.240 e. The van der Waals surface area contributed by atoms with Crippen LogP contribution in [0.1, 0.15) is 5.56 Å². The summed E-state index contributed by atoms with van der Waals surface area (Å²) in [4.78, 5) is 0.00893. The van der Waals surface area contributed by atoms with Gasteiger partial charge in [-0.25, -0.2) is 18.2 Å². The molecule has 0 saturated heterocycles. The maximum atomic E-state index is 12.2. The van der Waals surface area contributed by atoms with Gasteiger partial charge in [0.15, 0.2) is 0 Å². The molecule has 7 heteroatoms. The Balaban J connectivity index is 2.01. The van der Waals surface area contributed by atoms with Crippen molar-refractivity contribution in [3.05, 3.63) is 89.4 Å². The summed E-state index contributed by atoms with van der Waals surface area (Å²) in [5, 5.41) is 10.8. The van der Waals surface area contributed by atoms with E-state index in [2.05, 4.69) is 0 Å². The molecule has 1 heterocycles. The van der Waals surface area contributed by atoms with Crippen molar-refractivity contribution >= 4 is 21.6 Å². The van der Waals surface area contributed by atoms with E-state index in [9.17, 15) is 8.42 Å². The zero-order valence-electron chi connectivity index (χ0n) is 15.6. The summed E-state index contributed by atoms with van der Waals surface area (Å²) in [7, 11) is -3.93. The first kappa shape index (κ1) is 19.4. The van der Waals surface area contributed by atoms with Crippen molar-refractivity contribution in [3.8, 4) is 28.2 Å². The number of nitrogens with two attached hydrogens (primary N) is 1. The molecule has 2 N–H and O–H groups in total. The van der Waals surface area contributed by atoms with Gasteiger partial charge >= 0.3 is 0 Å². The molecule has 0 aliphatic heterocycles. The Morgan fingerprint density at radius 3 is 2.28 bits per heavy atom. The van der Waals surface area contributed by atoms with E-state index in [1.54, 1.807) is 35.0 Å². The van der Waals surface area contributed by atoms with Crippen LogP contribution >= 0.6 is 11.6 Å². The third-order valence-corrected chi connectivity index (χ3v) is 5.88. The molecule has 0 fully saturated rings. The highest BCUT2D eigenvalue weighted by atomic mass is 35.5. The van der Waals surface area contributed by atoms with Crippen LogP contribution in [0.5, 0.6) is 0 Å². The molecule has 146 valence electrons. The number of para-hydroxylation sites is 1. The average Bonchev–Trinajstić information content (AvgIpc) is 3.13. The summed E-state index contributed by atoms with van der Waals surface area (Å²) in [5.74, 6) is 0. The van der Waals surface area contributed by atoms with Crippen LogP contribution in [0.2, 0.25) is 5.02 Å². The molecule has 4 aromatic rings. The van der Waals surface area contributed by atoms with E-state index in [4.69, 9.17) is 21.8 Å². The zero-order chi connectivity index (χ0) is 20.6. The van der Waals surface area contributed by atoms with Crippen LogP contribution < -0.4 is 5.14 Å². The number of hydrogen-bond acceptors (Lipinski definition) is 3. The Morgan fingerprint density at radius 2 is 1.59 bits per heavy atom. The Kier molecular flexibility index (Phi) is 5.00. The SMILES string of the molecule is Cc1ccccc1-c1cc(-c2ccc(Cl)cc2)n(-c2ccccc2S(N)(=O)=O)n1. The first-order valence-corrected chi connectivity index (χ1v) is 10.8. The van der Waals surface area contributed by atoms with Gasteiger partial charge in [0.1, 0.15) is 4.90 Å². The van der Waals surface area contributed by atoms with Crippen LogP contribution in [0, 0.1) is 6.92 Å². The number of primary sulfonamides is 1. The summed E-state index contributed by atoms with van der Waals surface area (Å²) in [6, 6.07) is 23.7. The third kappa shape index (κ3) is 3.82. The predicted molar refractivity (Wildman–Crippen MR) is 116 cm³/mol. The van der Waals surface area contributed by atoms with Crippen LogP contribution in [0.25, 0.3) is 28.2 Å². The minimum Gasteiger partial charge on any atom is -0.231 e. The Hall–Kier alpha value is -2.93. The van der Waals surface area contributed by atoms with Crippen molar-refractivity contribution in [2.75, 3.05) is 0 Å².